The number of aliphatic carboxylic acids is 1. The van der Waals surface area contributed by atoms with Crippen LogP contribution < -0.4 is 0 Å². The number of carboxylic acid groups (broad SMARTS) is 1. The highest BCUT2D eigenvalue weighted by molar-refractivity contribution is 5.73. The van der Waals surface area contributed by atoms with Gasteiger partial charge in [0.1, 0.15) is 11.6 Å². The van der Waals surface area contributed by atoms with Gasteiger partial charge in [0, 0.05) is 5.56 Å². The van der Waals surface area contributed by atoms with Crippen molar-refractivity contribution in [1.82, 2.24) is 0 Å². The lowest BCUT2D eigenvalue weighted by atomic mass is 9.90. The molecule has 1 fully saturated rings. The zero-order valence-corrected chi connectivity index (χ0v) is 10.2. The molecule has 0 heterocycles. The first kappa shape index (κ1) is 13.0. The molecular formula is C14H16F2O2. The van der Waals surface area contributed by atoms with Crippen molar-refractivity contribution < 1.29 is 18.7 Å². The summed E-state index contributed by atoms with van der Waals surface area (Å²) in [5, 5.41) is 8.84. The van der Waals surface area contributed by atoms with E-state index in [4.69, 9.17) is 5.11 Å². The van der Waals surface area contributed by atoms with Crippen LogP contribution in [-0.2, 0) is 4.79 Å². The molecular weight excluding hydrogens is 238 g/mol. The minimum atomic E-state index is -0.802. The van der Waals surface area contributed by atoms with Crippen LogP contribution in [0, 0.1) is 23.5 Å². The quantitative estimate of drug-likeness (QED) is 0.872. The third-order valence-corrected chi connectivity index (χ3v) is 3.73. The van der Waals surface area contributed by atoms with Crippen LogP contribution in [0.4, 0.5) is 8.78 Å². The van der Waals surface area contributed by atoms with Gasteiger partial charge < -0.3 is 5.11 Å². The van der Waals surface area contributed by atoms with E-state index in [0.29, 0.717) is 19.3 Å². The molecule has 1 aromatic carbocycles. The molecule has 0 aliphatic heterocycles. The van der Waals surface area contributed by atoms with Gasteiger partial charge in [-0.3, -0.25) is 4.79 Å². The summed E-state index contributed by atoms with van der Waals surface area (Å²) < 4.78 is 27.3. The lowest BCUT2D eigenvalue weighted by Gasteiger charge is -2.16. The van der Waals surface area contributed by atoms with Crippen LogP contribution in [0.2, 0.25) is 0 Å². The van der Waals surface area contributed by atoms with Gasteiger partial charge in [-0.05, 0) is 43.2 Å². The highest BCUT2D eigenvalue weighted by atomic mass is 19.1. The number of benzene rings is 1. The van der Waals surface area contributed by atoms with Gasteiger partial charge in [-0.1, -0.05) is 13.0 Å². The van der Waals surface area contributed by atoms with Crippen LogP contribution in [0.15, 0.2) is 18.2 Å². The van der Waals surface area contributed by atoms with E-state index in [9.17, 15) is 13.6 Å². The highest BCUT2D eigenvalue weighted by Gasteiger charge is 2.44. The molecule has 0 bridgehead atoms. The molecule has 1 saturated carbocycles. The minimum Gasteiger partial charge on any atom is -0.481 e. The number of hydrogen-bond acceptors (Lipinski definition) is 1. The molecule has 18 heavy (non-hydrogen) atoms. The monoisotopic (exact) mass is 254 g/mol. The maximum atomic E-state index is 13.7. The molecule has 2 rings (SSSR count). The van der Waals surface area contributed by atoms with Gasteiger partial charge in [0.05, 0.1) is 5.92 Å². The van der Waals surface area contributed by atoms with E-state index in [1.807, 2.05) is 6.92 Å². The molecule has 0 amide bonds. The summed E-state index contributed by atoms with van der Waals surface area (Å²) in [7, 11) is 0. The number of halogens is 2. The molecule has 3 unspecified atom stereocenters. The Morgan fingerprint density at radius 3 is 2.50 bits per heavy atom. The SMILES string of the molecule is CCC(CC1CC1C(=O)O)c1c(F)cccc1F. The van der Waals surface area contributed by atoms with Crippen LogP contribution in [0.3, 0.4) is 0 Å². The van der Waals surface area contributed by atoms with Crippen LogP contribution in [0.5, 0.6) is 0 Å². The molecule has 1 aliphatic carbocycles. The molecule has 4 heteroatoms. The zero-order chi connectivity index (χ0) is 13.3. The summed E-state index contributed by atoms with van der Waals surface area (Å²) >= 11 is 0. The lowest BCUT2D eigenvalue weighted by molar-refractivity contribution is -0.138. The Hall–Kier alpha value is -1.45. The second kappa shape index (κ2) is 5.04. The first-order valence-electron chi connectivity index (χ1n) is 6.21. The van der Waals surface area contributed by atoms with Crippen molar-refractivity contribution in [1.29, 1.82) is 0 Å². The van der Waals surface area contributed by atoms with Crippen LogP contribution in [-0.4, -0.2) is 11.1 Å². The maximum absolute atomic E-state index is 13.7. The van der Waals surface area contributed by atoms with Gasteiger partial charge in [0.2, 0.25) is 0 Å². The van der Waals surface area contributed by atoms with Crippen LogP contribution >= 0.6 is 0 Å². The Kier molecular flexibility index (Phi) is 3.64. The molecule has 1 aromatic rings. The summed E-state index contributed by atoms with van der Waals surface area (Å²) in [6.07, 6.45) is 1.79. The van der Waals surface area contributed by atoms with Gasteiger partial charge in [-0.25, -0.2) is 8.78 Å². The fraction of sp³-hybridized carbons (Fsp3) is 0.500. The van der Waals surface area contributed by atoms with E-state index < -0.39 is 17.6 Å². The largest absolute Gasteiger partial charge is 0.481 e. The number of hydrogen-bond donors (Lipinski definition) is 1. The van der Waals surface area contributed by atoms with Crippen molar-refractivity contribution >= 4 is 5.97 Å². The standard InChI is InChI=1S/C14H16F2O2/c1-2-8(6-9-7-10(9)14(17)18)13-11(15)4-3-5-12(13)16/h3-5,8-10H,2,6-7H2,1H3,(H,17,18). The topological polar surface area (TPSA) is 37.3 Å². The second-order valence-electron chi connectivity index (χ2n) is 4.92. The normalized spacial score (nSPS) is 23.7. The van der Waals surface area contributed by atoms with Gasteiger partial charge >= 0.3 is 5.97 Å². The zero-order valence-electron chi connectivity index (χ0n) is 10.2. The van der Waals surface area contributed by atoms with Gasteiger partial charge in [0.15, 0.2) is 0 Å². The van der Waals surface area contributed by atoms with Crippen molar-refractivity contribution in [3.63, 3.8) is 0 Å². The molecule has 1 N–H and O–H groups in total. The van der Waals surface area contributed by atoms with Crippen molar-refractivity contribution in [2.75, 3.05) is 0 Å². The Bertz CT molecular complexity index is 439. The molecule has 3 atom stereocenters. The highest BCUT2D eigenvalue weighted by Crippen LogP contribution is 2.46. The fourth-order valence-corrected chi connectivity index (χ4v) is 2.57. The first-order chi connectivity index (χ1) is 8.54. The Labute approximate surface area is 105 Å². The summed E-state index contributed by atoms with van der Waals surface area (Å²) in [5.41, 5.74) is 0.107. The summed E-state index contributed by atoms with van der Waals surface area (Å²) in [6, 6.07) is 3.85. The summed E-state index contributed by atoms with van der Waals surface area (Å²) in [4.78, 5) is 10.8. The molecule has 98 valence electrons. The molecule has 0 spiro atoms. The average Bonchev–Trinajstić information content (AvgIpc) is 3.06. The van der Waals surface area contributed by atoms with Crippen molar-refractivity contribution in [3.05, 3.63) is 35.4 Å². The van der Waals surface area contributed by atoms with E-state index in [2.05, 4.69) is 0 Å². The molecule has 0 aromatic heterocycles. The fourth-order valence-electron chi connectivity index (χ4n) is 2.57. The number of rotatable bonds is 5. The predicted octanol–water partition coefficient (Wildman–Crippen LogP) is 3.57. The first-order valence-corrected chi connectivity index (χ1v) is 6.21. The predicted molar refractivity (Wildman–Crippen MR) is 63.2 cm³/mol. The van der Waals surface area contributed by atoms with Crippen molar-refractivity contribution in [3.8, 4) is 0 Å². The third-order valence-electron chi connectivity index (χ3n) is 3.73. The molecule has 1 aliphatic rings. The van der Waals surface area contributed by atoms with Gasteiger partial charge in [-0.15, -0.1) is 0 Å². The van der Waals surface area contributed by atoms with Gasteiger partial charge in [0.25, 0.3) is 0 Å². The van der Waals surface area contributed by atoms with Gasteiger partial charge in [-0.2, -0.15) is 0 Å². The van der Waals surface area contributed by atoms with E-state index in [1.165, 1.54) is 18.2 Å². The summed E-state index contributed by atoms with van der Waals surface area (Å²) in [6.45, 7) is 1.87. The third kappa shape index (κ3) is 2.52. The molecule has 0 saturated heterocycles. The van der Waals surface area contributed by atoms with E-state index in [0.717, 1.165) is 0 Å². The Morgan fingerprint density at radius 2 is 2.06 bits per heavy atom. The Morgan fingerprint density at radius 1 is 1.44 bits per heavy atom. The Balaban J connectivity index is 2.12. The van der Waals surface area contributed by atoms with Crippen LogP contribution in [0.25, 0.3) is 0 Å². The van der Waals surface area contributed by atoms with Crippen molar-refractivity contribution in [2.45, 2.75) is 32.1 Å². The van der Waals surface area contributed by atoms with Crippen LogP contribution in [0.1, 0.15) is 37.7 Å². The number of carboxylic acids is 1. The van der Waals surface area contributed by atoms with E-state index in [-0.39, 0.29) is 23.3 Å². The van der Waals surface area contributed by atoms with E-state index in [1.54, 1.807) is 0 Å². The molecule has 2 nitrogen and oxygen atoms in total. The second-order valence-corrected chi connectivity index (χ2v) is 4.92. The number of carbonyl (C=O) groups is 1. The van der Waals surface area contributed by atoms with Crippen molar-refractivity contribution in [2.24, 2.45) is 11.8 Å². The average molecular weight is 254 g/mol. The molecule has 0 radical (unpaired) electrons. The summed E-state index contributed by atoms with van der Waals surface area (Å²) in [5.74, 6) is -2.37. The minimum absolute atomic E-state index is 0.0615. The smallest absolute Gasteiger partial charge is 0.306 e. The lowest BCUT2D eigenvalue weighted by Crippen LogP contribution is -2.07. The van der Waals surface area contributed by atoms with E-state index >= 15 is 0 Å². The maximum Gasteiger partial charge on any atom is 0.306 e.